The minimum absolute atomic E-state index is 0. The third-order valence-electron chi connectivity index (χ3n) is 2.44. The van der Waals surface area contributed by atoms with Gasteiger partial charge in [-0.05, 0) is 30.7 Å². The maximum Gasteiger partial charge on any atom is 0.416 e. The van der Waals surface area contributed by atoms with E-state index in [0.717, 1.165) is 24.6 Å². The third kappa shape index (κ3) is 2.63. The SMILES string of the molecule is Cl.FC(F)(F)c1cccc([C@@H]2CCN2)c1. The van der Waals surface area contributed by atoms with Gasteiger partial charge in [-0.25, -0.2) is 0 Å². The molecule has 2 rings (SSSR count). The van der Waals surface area contributed by atoms with Gasteiger partial charge in [0.25, 0.3) is 0 Å². The van der Waals surface area contributed by atoms with Crippen molar-refractivity contribution in [1.29, 1.82) is 0 Å². The zero-order valence-electron chi connectivity index (χ0n) is 7.84. The summed E-state index contributed by atoms with van der Waals surface area (Å²) in [5, 5.41) is 3.07. The monoisotopic (exact) mass is 237 g/mol. The predicted octanol–water partition coefficient (Wildman–Crippen LogP) is 3.16. The smallest absolute Gasteiger partial charge is 0.310 e. The van der Waals surface area contributed by atoms with Crippen LogP contribution in [0.15, 0.2) is 24.3 Å². The number of alkyl halides is 3. The molecule has 0 aliphatic carbocycles. The van der Waals surface area contributed by atoms with E-state index in [1.54, 1.807) is 6.07 Å². The molecule has 0 unspecified atom stereocenters. The summed E-state index contributed by atoms with van der Waals surface area (Å²) < 4.78 is 37.0. The van der Waals surface area contributed by atoms with Crippen LogP contribution in [0.1, 0.15) is 23.6 Å². The van der Waals surface area contributed by atoms with E-state index in [-0.39, 0.29) is 18.4 Å². The van der Waals surface area contributed by atoms with Crippen molar-refractivity contribution in [2.75, 3.05) is 6.54 Å². The van der Waals surface area contributed by atoms with E-state index in [1.807, 2.05) is 0 Å². The Hall–Kier alpha value is -0.740. The molecule has 15 heavy (non-hydrogen) atoms. The van der Waals surface area contributed by atoms with Gasteiger partial charge in [0.05, 0.1) is 5.56 Å². The fourth-order valence-corrected chi connectivity index (χ4v) is 1.50. The zero-order chi connectivity index (χ0) is 10.2. The Bertz CT molecular complexity index is 334. The van der Waals surface area contributed by atoms with Crippen LogP contribution in [0, 0.1) is 0 Å². The van der Waals surface area contributed by atoms with Crippen LogP contribution in [0.3, 0.4) is 0 Å². The van der Waals surface area contributed by atoms with Gasteiger partial charge in [-0.15, -0.1) is 12.4 Å². The van der Waals surface area contributed by atoms with Gasteiger partial charge in [0.1, 0.15) is 0 Å². The number of nitrogens with one attached hydrogen (secondary N) is 1. The van der Waals surface area contributed by atoms with E-state index >= 15 is 0 Å². The Morgan fingerprint density at radius 1 is 1.27 bits per heavy atom. The lowest BCUT2D eigenvalue weighted by Crippen LogP contribution is -2.35. The maximum absolute atomic E-state index is 12.3. The van der Waals surface area contributed by atoms with Crippen molar-refractivity contribution in [3.8, 4) is 0 Å². The third-order valence-corrected chi connectivity index (χ3v) is 2.44. The highest BCUT2D eigenvalue weighted by molar-refractivity contribution is 5.85. The molecule has 1 N–H and O–H groups in total. The van der Waals surface area contributed by atoms with Crippen LogP contribution >= 0.6 is 12.4 Å². The Kier molecular flexibility index (Phi) is 3.62. The number of hydrogen-bond acceptors (Lipinski definition) is 1. The molecule has 1 heterocycles. The molecule has 1 aromatic carbocycles. The second kappa shape index (κ2) is 4.41. The quantitative estimate of drug-likeness (QED) is 0.791. The van der Waals surface area contributed by atoms with Gasteiger partial charge in [0, 0.05) is 6.04 Å². The maximum atomic E-state index is 12.3. The Labute approximate surface area is 92.1 Å². The van der Waals surface area contributed by atoms with Gasteiger partial charge in [0.2, 0.25) is 0 Å². The first kappa shape index (κ1) is 12.3. The predicted molar refractivity (Wildman–Crippen MR) is 54.1 cm³/mol. The van der Waals surface area contributed by atoms with E-state index in [2.05, 4.69) is 5.32 Å². The molecule has 1 aromatic rings. The van der Waals surface area contributed by atoms with Gasteiger partial charge in [-0.1, -0.05) is 12.1 Å². The average molecular weight is 238 g/mol. The number of hydrogen-bond donors (Lipinski definition) is 1. The van der Waals surface area contributed by atoms with Gasteiger partial charge in [-0.2, -0.15) is 13.2 Å². The van der Waals surface area contributed by atoms with Crippen LogP contribution in [0.4, 0.5) is 13.2 Å². The number of rotatable bonds is 1. The van der Waals surface area contributed by atoms with Crippen LogP contribution in [0.5, 0.6) is 0 Å². The fourth-order valence-electron chi connectivity index (χ4n) is 1.50. The van der Waals surface area contributed by atoms with E-state index in [9.17, 15) is 13.2 Å². The average Bonchev–Trinajstić information content (AvgIpc) is 2.00. The van der Waals surface area contributed by atoms with Crippen molar-refractivity contribution in [1.82, 2.24) is 5.32 Å². The molecule has 0 saturated carbocycles. The molecule has 1 aliphatic heterocycles. The summed E-state index contributed by atoms with van der Waals surface area (Å²) in [7, 11) is 0. The second-order valence-corrected chi connectivity index (χ2v) is 3.42. The first-order chi connectivity index (χ1) is 6.57. The molecule has 1 nitrogen and oxygen atoms in total. The highest BCUT2D eigenvalue weighted by Gasteiger charge is 2.31. The van der Waals surface area contributed by atoms with E-state index in [4.69, 9.17) is 0 Å². The Balaban J connectivity index is 0.00000112. The van der Waals surface area contributed by atoms with Gasteiger partial charge < -0.3 is 5.32 Å². The standard InChI is InChI=1S/C10H10F3N.ClH/c11-10(12,13)8-3-1-2-7(6-8)9-4-5-14-9;/h1-3,6,9,14H,4-5H2;1H/t9-;/m0./s1. The molecule has 0 amide bonds. The van der Waals surface area contributed by atoms with Crippen LogP contribution < -0.4 is 5.32 Å². The summed E-state index contributed by atoms with van der Waals surface area (Å²) in [6.45, 7) is 0.890. The minimum atomic E-state index is -4.24. The summed E-state index contributed by atoms with van der Waals surface area (Å²) in [5.74, 6) is 0. The van der Waals surface area contributed by atoms with Crippen molar-refractivity contribution in [2.45, 2.75) is 18.6 Å². The molecule has 1 fully saturated rings. The van der Waals surface area contributed by atoms with Crippen molar-refractivity contribution < 1.29 is 13.2 Å². The lowest BCUT2D eigenvalue weighted by Gasteiger charge is -2.28. The van der Waals surface area contributed by atoms with Gasteiger partial charge in [0.15, 0.2) is 0 Å². The normalized spacial score (nSPS) is 20.3. The first-order valence-electron chi connectivity index (χ1n) is 4.48. The summed E-state index contributed by atoms with van der Waals surface area (Å²) in [6, 6.07) is 5.61. The molecule has 1 aliphatic rings. The highest BCUT2D eigenvalue weighted by Crippen LogP contribution is 2.32. The summed E-state index contributed by atoms with van der Waals surface area (Å²) in [4.78, 5) is 0. The molecular formula is C10H11ClF3N. The molecule has 84 valence electrons. The molecule has 0 aromatic heterocycles. The van der Waals surface area contributed by atoms with Crippen LogP contribution in [-0.2, 0) is 6.18 Å². The summed E-state index contributed by atoms with van der Waals surface area (Å²) in [5.41, 5.74) is 0.162. The summed E-state index contributed by atoms with van der Waals surface area (Å²) in [6.07, 6.45) is -3.32. The van der Waals surface area contributed by atoms with E-state index in [0.29, 0.717) is 0 Å². The highest BCUT2D eigenvalue weighted by atomic mass is 35.5. The Morgan fingerprint density at radius 3 is 2.40 bits per heavy atom. The number of benzene rings is 1. The number of halogens is 4. The molecule has 1 saturated heterocycles. The molecule has 0 spiro atoms. The van der Waals surface area contributed by atoms with E-state index < -0.39 is 11.7 Å². The molecular weight excluding hydrogens is 227 g/mol. The zero-order valence-corrected chi connectivity index (χ0v) is 8.66. The first-order valence-corrected chi connectivity index (χ1v) is 4.48. The largest absolute Gasteiger partial charge is 0.416 e. The van der Waals surface area contributed by atoms with Crippen molar-refractivity contribution >= 4 is 12.4 Å². The fraction of sp³-hybridized carbons (Fsp3) is 0.400. The Morgan fingerprint density at radius 2 is 1.93 bits per heavy atom. The van der Waals surface area contributed by atoms with E-state index in [1.165, 1.54) is 12.1 Å². The van der Waals surface area contributed by atoms with Gasteiger partial charge in [-0.3, -0.25) is 0 Å². The topological polar surface area (TPSA) is 12.0 Å². The van der Waals surface area contributed by atoms with Crippen LogP contribution in [0.2, 0.25) is 0 Å². The van der Waals surface area contributed by atoms with Crippen LogP contribution in [0.25, 0.3) is 0 Å². The van der Waals surface area contributed by atoms with Crippen molar-refractivity contribution in [3.63, 3.8) is 0 Å². The van der Waals surface area contributed by atoms with Crippen molar-refractivity contribution in [3.05, 3.63) is 35.4 Å². The van der Waals surface area contributed by atoms with Gasteiger partial charge >= 0.3 is 6.18 Å². The molecule has 0 radical (unpaired) electrons. The lowest BCUT2D eigenvalue weighted by atomic mass is 9.96. The second-order valence-electron chi connectivity index (χ2n) is 3.42. The molecule has 5 heteroatoms. The van der Waals surface area contributed by atoms with Crippen molar-refractivity contribution in [2.24, 2.45) is 0 Å². The van der Waals surface area contributed by atoms with Crippen LogP contribution in [-0.4, -0.2) is 6.54 Å². The summed E-state index contributed by atoms with van der Waals surface area (Å²) >= 11 is 0. The molecule has 1 atom stereocenters. The minimum Gasteiger partial charge on any atom is -0.310 e. The molecule has 0 bridgehead atoms. The lowest BCUT2D eigenvalue weighted by molar-refractivity contribution is -0.137.